The summed E-state index contributed by atoms with van der Waals surface area (Å²) in [7, 11) is -4.32. The van der Waals surface area contributed by atoms with E-state index in [2.05, 4.69) is 0 Å². The standard InChI is InChI=1S/C10H13O5P/c11-10(12)7-6-9(16(13,14)15)8-4-2-1-3-5-8/h1-5,9H,6-7H2,(H,11,12)(H2,13,14,15). The second-order valence-electron chi connectivity index (χ2n) is 3.45. The Labute approximate surface area is 92.9 Å². The van der Waals surface area contributed by atoms with Gasteiger partial charge in [0.2, 0.25) is 0 Å². The fourth-order valence-electron chi connectivity index (χ4n) is 1.46. The van der Waals surface area contributed by atoms with Gasteiger partial charge in [-0.15, -0.1) is 0 Å². The van der Waals surface area contributed by atoms with Gasteiger partial charge in [0.15, 0.2) is 0 Å². The molecule has 5 nitrogen and oxygen atoms in total. The first-order valence-electron chi connectivity index (χ1n) is 4.73. The SMILES string of the molecule is O=C(O)CCC(c1ccccc1)P(=O)(O)O. The van der Waals surface area contributed by atoms with Crippen LogP contribution in [0.15, 0.2) is 30.3 Å². The van der Waals surface area contributed by atoms with Gasteiger partial charge in [-0.1, -0.05) is 30.3 Å². The number of carboxylic acid groups (broad SMARTS) is 1. The normalized spacial score (nSPS) is 13.4. The smallest absolute Gasteiger partial charge is 0.332 e. The summed E-state index contributed by atoms with van der Waals surface area (Å²) < 4.78 is 11.2. The molecule has 1 aromatic carbocycles. The van der Waals surface area contributed by atoms with Gasteiger partial charge in [-0.3, -0.25) is 9.36 Å². The van der Waals surface area contributed by atoms with Crippen molar-refractivity contribution in [2.75, 3.05) is 0 Å². The lowest BCUT2D eigenvalue weighted by Crippen LogP contribution is -2.04. The van der Waals surface area contributed by atoms with Gasteiger partial charge in [-0.25, -0.2) is 0 Å². The molecule has 0 spiro atoms. The van der Waals surface area contributed by atoms with Crippen LogP contribution >= 0.6 is 7.60 Å². The molecule has 0 saturated heterocycles. The molecule has 0 saturated carbocycles. The Balaban J connectivity index is 2.89. The van der Waals surface area contributed by atoms with Crippen LogP contribution in [0.2, 0.25) is 0 Å². The van der Waals surface area contributed by atoms with E-state index in [9.17, 15) is 9.36 Å². The van der Waals surface area contributed by atoms with Crippen molar-refractivity contribution in [2.24, 2.45) is 0 Å². The van der Waals surface area contributed by atoms with Crippen LogP contribution in [0.4, 0.5) is 0 Å². The van der Waals surface area contributed by atoms with Crippen LogP contribution in [0.5, 0.6) is 0 Å². The van der Waals surface area contributed by atoms with Crippen LogP contribution < -0.4 is 0 Å². The van der Waals surface area contributed by atoms with E-state index in [1.165, 1.54) is 0 Å². The van der Waals surface area contributed by atoms with E-state index in [0.717, 1.165) is 0 Å². The highest BCUT2D eigenvalue weighted by molar-refractivity contribution is 7.52. The summed E-state index contributed by atoms with van der Waals surface area (Å²) in [5.74, 6) is -1.06. The lowest BCUT2D eigenvalue weighted by Gasteiger charge is -2.17. The maximum absolute atomic E-state index is 11.2. The fraction of sp³-hybridized carbons (Fsp3) is 0.300. The molecule has 88 valence electrons. The number of carbonyl (C=O) groups is 1. The van der Waals surface area contributed by atoms with Gasteiger partial charge in [0.1, 0.15) is 0 Å². The van der Waals surface area contributed by atoms with Crippen molar-refractivity contribution in [1.29, 1.82) is 0 Å². The zero-order valence-electron chi connectivity index (χ0n) is 8.48. The summed E-state index contributed by atoms with van der Waals surface area (Å²) in [5, 5.41) is 8.52. The summed E-state index contributed by atoms with van der Waals surface area (Å²) in [6, 6.07) is 8.24. The number of hydrogen-bond acceptors (Lipinski definition) is 2. The van der Waals surface area contributed by atoms with Gasteiger partial charge in [0, 0.05) is 6.42 Å². The predicted molar refractivity (Wildman–Crippen MR) is 58.1 cm³/mol. The Bertz CT molecular complexity index is 397. The molecule has 0 fully saturated rings. The molecule has 6 heteroatoms. The first-order chi connectivity index (χ1) is 7.41. The predicted octanol–water partition coefficient (Wildman–Crippen LogP) is 1.77. The van der Waals surface area contributed by atoms with Crippen molar-refractivity contribution >= 4 is 13.6 Å². The number of benzene rings is 1. The topological polar surface area (TPSA) is 94.8 Å². The average molecular weight is 244 g/mol. The third-order valence-electron chi connectivity index (χ3n) is 2.22. The second kappa shape index (κ2) is 5.25. The quantitative estimate of drug-likeness (QED) is 0.686. The molecule has 1 atom stereocenters. The summed E-state index contributed by atoms with van der Waals surface area (Å²) in [4.78, 5) is 28.7. The summed E-state index contributed by atoms with van der Waals surface area (Å²) in [6.45, 7) is 0. The Morgan fingerprint density at radius 2 is 1.81 bits per heavy atom. The number of carboxylic acids is 1. The Kier molecular flexibility index (Phi) is 4.24. The molecule has 0 bridgehead atoms. The molecular weight excluding hydrogens is 231 g/mol. The summed E-state index contributed by atoms with van der Waals surface area (Å²) >= 11 is 0. The van der Waals surface area contributed by atoms with Crippen molar-refractivity contribution in [3.63, 3.8) is 0 Å². The fourth-order valence-corrected chi connectivity index (χ4v) is 2.49. The summed E-state index contributed by atoms with van der Waals surface area (Å²) in [6.07, 6.45) is -0.325. The van der Waals surface area contributed by atoms with E-state index < -0.39 is 19.2 Å². The largest absolute Gasteiger partial charge is 0.481 e. The van der Waals surface area contributed by atoms with Gasteiger partial charge in [0.05, 0.1) is 5.66 Å². The lowest BCUT2D eigenvalue weighted by atomic mass is 10.1. The molecule has 0 amide bonds. The Hall–Kier alpha value is -1.16. The first kappa shape index (κ1) is 12.9. The second-order valence-corrected chi connectivity index (χ2v) is 5.25. The number of rotatable bonds is 5. The molecule has 16 heavy (non-hydrogen) atoms. The minimum Gasteiger partial charge on any atom is -0.481 e. The van der Waals surface area contributed by atoms with Crippen LogP contribution in [0.3, 0.4) is 0 Å². The minimum atomic E-state index is -4.32. The average Bonchev–Trinajstić information content (AvgIpc) is 2.17. The van der Waals surface area contributed by atoms with Crippen molar-refractivity contribution in [3.8, 4) is 0 Å². The molecule has 0 aromatic heterocycles. The molecule has 3 N–H and O–H groups in total. The van der Waals surface area contributed by atoms with Crippen molar-refractivity contribution in [3.05, 3.63) is 35.9 Å². The van der Waals surface area contributed by atoms with Crippen LogP contribution in [0.1, 0.15) is 24.1 Å². The van der Waals surface area contributed by atoms with Gasteiger partial charge in [-0.05, 0) is 12.0 Å². The van der Waals surface area contributed by atoms with Gasteiger partial charge < -0.3 is 14.9 Å². The molecule has 0 heterocycles. The monoisotopic (exact) mass is 244 g/mol. The highest BCUT2D eigenvalue weighted by Crippen LogP contribution is 2.54. The highest BCUT2D eigenvalue weighted by atomic mass is 31.2. The zero-order chi connectivity index (χ0) is 12.2. The highest BCUT2D eigenvalue weighted by Gasteiger charge is 2.30. The lowest BCUT2D eigenvalue weighted by molar-refractivity contribution is -0.137. The molecule has 0 aliphatic carbocycles. The third kappa shape index (κ3) is 3.77. The molecule has 1 aromatic rings. The van der Waals surface area contributed by atoms with Crippen molar-refractivity contribution < 1.29 is 24.3 Å². The van der Waals surface area contributed by atoms with E-state index in [4.69, 9.17) is 14.9 Å². The maximum atomic E-state index is 11.2. The molecule has 1 rings (SSSR count). The van der Waals surface area contributed by atoms with Crippen molar-refractivity contribution in [1.82, 2.24) is 0 Å². The Morgan fingerprint density at radius 3 is 2.25 bits per heavy atom. The van der Waals surface area contributed by atoms with E-state index in [-0.39, 0.29) is 12.8 Å². The molecule has 0 aliphatic heterocycles. The third-order valence-corrected chi connectivity index (χ3v) is 3.59. The maximum Gasteiger partial charge on any atom is 0.332 e. The Morgan fingerprint density at radius 1 is 1.25 bits per heavy atom. The van der Waals surface area contributed by atoms with E-state index in [0.29, 0.717) is 5.56 Å². The van der Waals surface area contributed by atoms with Gasteiger partial charge >= 0.3 is 13.6 Å². The minimum absolute atomic E-state index is 0.0658. The van der Waals surface area contributed by atoms with Crippen LogP contribution in [0, 0.1) is 0 Å². The van der Waals surface area contributed by atoms with E-state index in [1.807, 2.05) is 0 Å². The van der Waals surface area contributed by atoms with Crippen molar-refractivity contribution in [2.45, 2.75) is 18.5 Å². The van der Waals surface area contributed by atoms with E-state index >= 15 is 0 Å². The summed E-state index contributed by atoms with van der Waals surface area (Å²) in [5.41, 5.74) is -0.568. The molecule has 1 unspecified atom stereocenters. The molecule has 0 aliphatic rings. The van der Waals surface area contributed by atoms with Gasteiger partial charge in [-0.2, -0.15) is 0 Å². The molecule has 0 radical (unpaired) electrons. The number of aliphatic carboxylic acids is 1. The van der Waals surface area contributed by atoms with Crippen LogP contribution in [-0.2, 0) is 9.36 Å². The van der Waals surface area contributed by atoms with E-state index in [1.54, 1.807) is 30.3 Å². The molecular formula is C10H13O5P. The first-order valence-corrected chi connectivity index (χ1v) is 6.41. The van der Waals surface area contributed by atoms with Crippen LogP contribution in [0.25, 0.3) is 0 Å². The number of hydrogen-bond donors (Lipinski definition) is 3. The zero-order valence-corrected chi connectivity index (χ0v) is 9.38. The van der Waals surface area contributed by atoms with Gasteiger partial charge in [0.25, 0.3) is 0 Å². The van der Waals surface area contributed by atoms with Crippen LogP contribution in [-0.4, -0.2) is 20.9 Å².